The average Bonchev–Trinajstić information content (AvgIpc) is 2.43. The van der Waals surface area contributed by atoms with Crippen molar-refractivity contribution in [1.29, 1.82) is 0 Å². The molecule has 0 aromatic carbocycles. The largest absolute Gasteiger partial charge is 0.425 e. The molecule has 0 aliphatic rings. The molecule has 0 aliphatic carbocycles. The Kier molecular flexibility index (Phi) is 3.03. The lowest BCUT2D eigenvalue weighted by molar-refractivity contribution is -0.134. The van der Waals surface area contributed by atoms with Gasteiger partial charge < -0.3 is 0 Å². The van der Waals surface area contributed by atoms with Gasteiger partial charge in [-0.25, -0.2) is 0 Å². The molecule has 0 aliphatic heterocycles. The average molecular weight is 221 g/mol. The van der Waals surface area contributed by atoms with Gasteiger partial charge in [-0.3, -0.25) is 0 Å². The smallest absolute Gasteiger partial charge is 0.165 e. The van der Waals surface area contributed by atoms with E-state index in [1.165, 1.54) is 0 Å². The van der Waals surface area contributed by atoms with Crippen molar-refractivity contribution in [3.8, 4) is 0 Å². The molecule has 0 atom stereocenters. The molecule has 1 rings (SSSR count). The molecule has 0 saturated heterocycles. The second kappa shape index (κ2) is 3.89. The lowest BCUT2D eigenvalue weighted by Gasteiger charge is -2.00. The highest BCUT2D eigenvalue weighted by atomic mass is 32.1. The van der Waals surface area contributed by atoms with Crippen LogP contribution in [0.25, 0.3) is 10.4 Å². The molecule has 0 N–H and O–H groups in total. The lowest BCUT2D eigenvalue weighted by Crippen LogP contribution is -2.00. The lowest BCUT2D eigenvalue weighted by atomic mass is 10.2. The number of aryl methyl sites for hydroxylation is 1. The Morgan fingerprint density at radius 2 is 2.21 bits per heavy atom. The molecule has 0 saturated carbocycles. The molecule has 0 unspecified atom stereocenters. The molecule has 7 heteroatoms. The monoisotopic (exact) mass is 221 g/mol. The maximum atomic E-state index is 12.2. The molecule has 1 aromatic heterocycles. The molecule has 0 amide bonds. The Morgan fingerprint density at radius 3 is 2.64 bits per heavy atom. The Morgan fingerprint density at radius 1 is 1.57 bits per heavy atom. The summed E-state index contributed by atoms with van der Waals surface area (Å²) in [4.78, 5) is 2.29. The van der Waals surface area contributed by atoms with E-state index in [0.29, 0.717) is 21.8 Å². The minimum atomic E-state index is -4.32. The molecule has 0 radical (unpaired) electrons. The summed E-state index contributed by atoms with van der Waals surface area (Å²) in [5, 5.41) is 3.22. The minimum absolute atomic E-state index is 0.0247. The van der Waals surface area contributed by atoms with Crippen LogP contribution in [-0.2, 0) is 12.7 Å². The van der Waals surface area contributed by atoms with Gasteiger partial charge in [0.2, 0.25) is 0 Å². The van der Waals surface area contributed by atoms with Crippen LogP contribution in [0, 0.1) is 6.92 Å². The van der Waals surface area contributed by atoms with Gasteiger partial charge >= 0.3 is 6.18 Å². The molecule has 3 nitrogen and oxygen atoms in total. The van der Waals surface area contributed by atoms with Crippen molar-refractivity contribution >= 4 is 11.3 Å². The van der Waals surface area contributed by atoms with Gasteiger partial charge in [-0.2, -0.15) is 13.2 Å². The van der Waals surface area contributed by atoms with Crippen LogP contribution in [0.1, 0.15) is 15.3 Å². The number of thiophene rings is 1. The zero-order valence-electron chi connectivity index (χ0n) is 7.17. The summed E-state index contributed by atoms with van der Waals surface area (Å²) < 4.78 is 36.6. The molecule has 76 valence electrons. The van der Waals surface area contributed by atoms with E-state index < -0.39 is 11.1 Å². The predicted molar refractivity (Wildman–Crippen MR) is 46.9 cm³/mol. The number of alkyl halides is 3. The van der Waals surface area contributed by atoms with Gasteiger partial charge in [0, 0.05) is 9.79 Å². The quantitative estimate of drug-likeness (QED) is 0.413. The van der Waals surface area contributed by atoms with E-state index in [0.717, 1.165) is 6.07 Å². The summed E-state index contributed by atoms with van der Waals surface area (Å²) in [7, 11) is 0. The maximum absolute atomic E-state index is 12.2. The topological polar surface area (TPSA) is 48.8 Å². The summed E-state index contributed by atoms with van der Waals surface area (Å²) in [6.07, 6.45) is -4.32. The Hall–Kier alpha value is -1.20. The van der Waals surface area contributed by atoms with Crippen LogP contribution in [0.2, 0.25) is 0 Å². The Balaban J connectivity index is 2.99. The molecule has 0 spiro atoms. The predicted octanol–water partition coefficient (Wildman–Crippen LogP) is 3.89. The van der Waals surface area contributed by atoms with E-state index in [1.807, 2.05) is 0 Å². The van der Waals surface area contributed by atoms with Crippen molar-refractivity contribution in [3.63, 3.8) is 0 Å². The molecular formula is C7H6F3N3S. The van der Waals surface area contributed by atoms with E-state index in [-0.39, 0.29) is 6.54 Å². The van der Waals surface area contributed by atoms with Crippen LogP contribution < -0.4 is 0 Å². The van der Waals surface area contributed by atoms with Crippen LogP contribution in [0.4, 0.5) is 13.2 Å². The number of azide groups is 1. The summed E-state index contributed by atoms with van der Waals surface area (Å²) in [6, 6.07) is 1.06. The second-order valence-electron chi connectivity index (χ2n) is 2.60. The summed E-state index contributed by atoms with van der Waals surface area (Å²) >= 11 is 0.617. The third-order valence-electron chi connectivity index (χ3n) is 1.58. The number of nitrogens with zero attached hydrogens (tertiary/aromatic N) is 3. The molecule has 1 aromatic rings. The van der Waals surface area contributed by atoms with Crippen LogP contribution in [0.3, 0.4) is 0 Å². The molecule has 14 heavy (non-hydrogen) atoms. The van der Waals surface area contributed by atoms with Crippen LogP contribution in [0.15, 0.2) is 11.2 Å². The maximum Gasteiger partial charge on any atom is 0.425 e. The van der Waals surface area contributed by atoms with Gasteiger partial charge in [-0.1, -0.05) is 5.11 Å². The van der Waals surface area contributed by atoms with Gasteiger partial charge in [0.25, 0.3) is 0 Å². The molecular weight excluding hydrogens is 215 g/mol. The third-order valence-corrected chi connectivity index (χ3v) is 2.84. The third kappa shape index (κ3) is 2.40. The van der Waals surface area contributed by atoms with Gasteiger partial charge in [0.15, 0.2) is 0 Å². The first-order valence-corrected chi connectivity index (χ1v) is 4.44. The fourth-order valence-electron chi connectivity index (χ4n) is 0.912. The molecule has 0 fully saturated rings. The highest BCUT2D eigenvalue weighted by Crippen LogP contribution is 2.36. The normalized spacial score (nSPS) is 11.1. The van der Waals surface area contributed by atoms with Crippen molar-refractivity contribution in [2.45, 2.75) is 19.6 Å². The zero-order valence-corrected chi connectivity index (χ0v) is 7.98. The fraction of sp³-hybridized carbons (Fsp3) is 0.429. The summed E-state index contributed by atoms with van der Waals surface area (Å²) in [6.45, 7) is 1.54. The SMILES string of the molecule is Cc1cc(C(F)(F)F)sc1CN=[N+]=[N-]. The highest BCUT2D eigenvalue weighted by Gasteiger charge is 2.33. The number of hydrogen-bond acceptors (Lipinski definition) is 2. The van der Waals surface area contributed by atoms with E-state index in [4.69, 9.17) is 5.53 Å². The van der Waals surface area contributed by atoms with Crippen LogP contribution >= 0.6 is 11.3 Å². The van der Waals surface area contributed by atoms with Gasteiger partial charge in [0.1, 0.15) is 4.88 Å². The van der Waals surface area contributed by atoms with Crippen molar-refractivity contribution in [1.82, 2.24) is 0 Å². The zero-order chi connectivity index (χ0) is 10.8. The van der Waals surface area contributed by atoms with Gasteiger partial charge in [0.05, 0.1) is 6.54 Å². The van der Waals surface area contributed by atoms with Crippen molar-refractivity contribution < 1.29 is 13.2 Å². The first-order chi connectivity index (χ1) is 6.45. The van der Waals surface area contributed by atoms with E-state index in [1.54, 1.807) is 6.92 Å². The minimum Gasteiger partial charge on any atom is -0.165 e. The molecule has 1 heterocycles. The number of halogens is 3. The Labute approximate surface area is 81.8 Å². The number of rotatable bonds is 2. The second-order valence-corrected chi connectivity index (χ2v) is 3.74. The van der Waals surface area contributed by atoms with Crippen LogP contribution in [0.5, 0.6) is 0 Å². The van der Waals surface area contributed by atoms with Crippen molar-refractivity contribution in [2.75, 3.05) is 0 Å². The summed E-state index contributed by atoms with van der Waals surface area (Å²) in [5.74, 6) is 0. The first-order valence-electron chi connectivity index (χ1n) is 3.62. The fourth-order valence-corrected chi connectivity index (χ4v) is 1.87. The summed E-state index contributed by atoms with van der Waals surface area (Å²) in [5.41, 5.74) is 8.53. The Bertz CT molecular complexity index is 376. The first kappa shape index (κ1) is 10.9. The molecule has 0 bridgehead atoms. The van der Waals surface area contributed by atoms with E-state index in [2.05, 4.69) is 10.0 Å². The van der Waals surface area contributed by atoms with E-state index in [9.17, 15) is 13.2 Å². The van der Waals surface area contributed by atoms with Crippen molar-refractivity contribution in [2.24, 2.45) is 5.11 Å². The highest BCUT2D eigenvalue weighted by molar-refractivity contribution is 7.12. The number of hydrogen-bond donors (Lipinski definition) is 0. The van der Waals surface area contributed by atoms with Gasteiger partial charge in [-0.05, 0) is 24.1 Å². The van der Waals surface area contributed by atoms with E-state index >= 15 is 0 Å². The standard InChI is InChI=1S/C7H6F3N3S/c1-4-2-6(7(8,9)10)14-5(4)3-12-13-11/h2H,3H2,1H3. The van der Waals surface area contributed by atoms with Crippen LogP contribution in [-0.4, -0.2) is 0 Å². The van der Waals surface area contributed by atoms with Crippen molar-refractivity contribution in [3.05, 3.63) is 31.8 Å². The van der Waals surface area contributed by atoms with Gasteiger partial charge in [-0.15, -0.1) is 11.3 Å².